The first-order valence-corrected chi connectivity index (χ1v) is 9.91. The number of nitrogens with one attached hydrogen (secondary N) is 1. The maximum Gasteiger partial charge on any atom is 0.234 e. The van der Waals surface area contributed by atoms with Gasteiger partial charge < -0.3 is 5.32 Å². The Labute approximate surface area is 163 Å². The Bertz CT molecular complexity index is 921. The Balaban J connectivity index is 1.61. The Kier molecular flexibility index (Phi) is 6.44. The fraction of sp³-hybridized carbons (Fsp3) is 0.130. The normalized spacial score (nSPS) is 10.4. The largest absolute Gasteiger partial charge is 0.325 e. The standard InChI is InChI=1S/C23H21NO2S/c1-17-11-13-18(14-12-17)15-27-16-22(25)24-21-10-6-5-9-20(21)23(26)19-7-3-2-4-8-19/h2-14H,15-16H2,1H3,(H,24,25). The van der Waals surface area contributed by atoms with Crippen LogP contribution in [0.3, 0.4) is 0 Å². The highest BCUT2D eigenvalue weighted by Crippen LogP contribution is 2.20. The Morgan fingerprint density at radius 3 is 2.26 bits per heavy atom. The number of amides is 1. The minimum Gasteiger partial charge on any atom is -0.325 e. The van der Waals surface area contributed by atoms with Crippen LogP contribution in [0.25, 0.3) is 0 Å². The van der Waals surface area contributed by atoms with Crippen LogP contribution in [-0.2, 0) is 10.5 Å². The zero-order valence-electron chi connectivity index (χ0n) is 15.1. The molecule has 136 valence electrons. The summed E-state index contributed by atoms with van der Waals surface area (Å²) in [6.07, 6.45) is 0. The van der Waals surface area contributed by atoms with Gasteiger partial charge >= 0.3 is 0 Å². The van der Waals surface area contributed by atoms with Gasteiger partial charge in [0.25, 0.3) is 0 Å². The van der Waals surface area contributed by atoms with E-state index in [1.807, 2.05) is 24.3 Å². The van der Waals surface area contributed by atoms with Crippen molar-refractivity contribution >= 4 is 29.1 Å². The Hall–Kier alpha value is -2.85. The van der Waals surface area contributed by atoms with Crippen molar-refractivity contribution in [2.75, 3.05) is 11.1 Å². The summed E-state index contributed by atoms with van der Waals surface area (Å²) < 4.78 is 0. The lowest BCUT2D eigenvalue weighted by molar-refractivity contribution is -0.113. The molecular weight excluding hydrogens is 354 g/mol. The van der Waals surface area contributed by atoms with E-state index in [0.717, 1.165) is 5.75 Å². The number of hydrogen-bond acceptors (Lipinski definition) is 3. The van der Waals surface area contributed by atoms with Gasteiger partial charge in [-0.05, 0) is 24.6 Å². The summed E-state index contributed by atoms with van der Waals surface area (Å²) in [7, 11) is 0. The molecule has 3 aromatic carbocycles. The number of thioether (sulfide) groups is 1. The van der Waals surface area contributed by atoms with Gasteiger partial charge in [-0.2, -0.15) is 0 Å². The number of rotatable bonds is 7. The number of hydrogen-bond donors (Lipinski definition) is 1. The highest BCUT2D eigenvalue weighted by Gasteiger charge is 2.14. The third kappa shape index (κ3) is 5.31. The van der Waals surface area contributed by atoms with Crippen LogP contribution in [0.4, 0.5) is 5.69 Å². The molecule has 0 unspecified atom stereocenters. The van der Waals surface area contributed by atoms with Crippen molar-refractivity contribution in [3.8, 4) is 0 Å². The summed E-state index contributed by atoms with van der Waals surface area (Å²) in [5.41, 5.74) is 4.07. The highest BCUT2D eigenvalue weighted by molar-refractivity contribution is 7.99. The number of aryl methyl sites for hydroxylation is 1. The zero-order chi connectivity index (χ0) is 19.1. The van der Waals surface area contributed by atoms with Crippen LogP contribution in [-0.4, -0.2) is 17.4 Å². The number of benzene rings is 3. The van der Waals surface area contributed by atoms with Crippen molar-refractivity contribution in [2.45, 2.75) is 12.7 Å². The van der Waals surface area contributed by atoms with Crippen molar-refractivity contribution < 1.29 is 9.59 Å². The van der Waals surface area contributed by atoms with E-state index >= 15 is 0 Å². The fourth-order valence-corrected chi connectivity index (χ4v) is 3.46. The molecule has 3 rings (SSSR count). The zero-order valence-corrected chi connectivity index (χ0v) is 16.0. The third-order valence-corrected chi connectivity index (χ3v) is 5.11. The third-order valence-electron chi connectivity index (χ3n) is 4.10. The summed E-state index contributed by atoms with van der Waals surface area (Å²) in [6, 6.07) is 24.5. The van der Waals surface area contributed by atoms with Gasteiger partial charge in [-0.15, -0.1) is 11.8 Å². The second-order valence-electron chi connectivity index (χ2n) is 6.27. The van der Waals surface area contributed by atoms with Crippen LogP contribution in [0.15, 0.2) is 78.9 Å². The maximum absolute atomic E-state index is 12.7. The number of carbonyl (C=O) groups is 2. The molecule has 0 spiro atoms. The van der Waals surface area contributed by atoms with Crippen molar-refractivity contribution in [3.63, 3.8) is 0 Å². The molecule has 0 atom stereocenters. The molecule has 0 aliphatic heterocycles. The second-order valence-corrected chi connectivity index (χ2v) is 7.25. The van der Waals surface area contributed by atoms with Crippen LogP contribution in [0.2, 0.25) is 0 Å². The lowest BCUT2D eigenvalue weighted by Crippen LogP contribution is -2.17. The van der Waals surface area contributed by atoms with E-state index in [-0.39, 0.29) is 11.7 Å². The first-order valence-electron chi connectivity index (χ1n) is 8.75. The van der Waals surface area contributed by atoms with Gasteiger partial charge in [0.2, 0.25) is 5.91 Å². The Morgan fingerprint density at radius 2 is 1.52 bits per heavy atom. The van der Waals surface area contributed by atoms with E-state index in [2.05, 4.69) is 36.5 Å². The van der Waals surface area contributed by atoms with Gasteiger partial charge in [0.1, 0.15) is 0 Å². The van der Waals surface area contributed by atoms with E-state index in [1.54, 1.807) is 42.1 Å². The number of carbonyl (C=O) groups excluding carboxylic acids is 2. The van der Waals surface area contributed by atoms with Gasteiger partial charge in [0, 0.05) is 16.9 Å². The second kappa shape index (κ2) is 9.19. The predicted octanol–water partition coefficient (Wildman–Crippen LogP) is 5.10. The van der Waals surface area contributed by atoms with Gasteiger partial charge in [0.05, 0.1) is 11.4 Å². The number of para-hydroxylation sites is 1. The molecule has 0 aliphatic rings. The molecular formula is C23H21NO2S. The number of anilines is 1. The van der Waals surface area contributed by atoms with Crippen LogP contribution in [0, 0.1) is 6.92 Å². The highest BCUT2D eigenvalue weighted by atomic mass is 32.2. The molecule has 0 heterocycles. The minimum absolute atomic E-state index is 0.0983. The van der Waals surface area contributed by atoms with Crippen molar-refractivity contribution in [1.29, 1.82) is 0 Å². The molecule has 0 fully saturated rings. The monoisotopic (exact) mass is 375 g/mol. The molecule has 0 radical (unpaired) electrons. The summed E-state index contributed by atoms with van der Waals surface area (Å²) >= 11 is 1.55. The molecule has 0 aliphatic carbocycles. The minimum atomic E-state index is -0.111. The Morgan fingerprint density at radius 1 is 0.852 bits per heavy atom. The first kappa shape index (κ1) is 18.9. The molecule has 1 amide bonds. The average molecular weight is 375 g/mol. The molecule has 3 nitrogen and oxygen atoms in total. The smallest absolute Gasteiger partial charge is 0.234 e. The van der Waals surface area contributed by atoms with Crippen LogP contribution < -0.4 is 5.32 Å². The molecule has 0 aromatic heterocycles. The van der Waals surface area contributed by atoms with Gasteiger partial charge in [-0.3, -0.25) is 9.59 Å². The van der Waals surface area contributed by atoms with E-state index < -0.39 is 0 Å². The molecule has 27 heavy (non-hydrogen) atoms. The predicted molar refractivity (Wildman–Crippen MR) is 112 cm³/mol. The first-order chi connectivity index (χ1) is 13.1. The van der Waals surface area contributed by atoms with E-state index in [9.17, 15) is 9.59 Å². The van der Waals surface area contributed by atoms with E-state index in [4.69, 9.17) is 0 Å². The van der Waals surface area contributed by atoms with Gasteiger partial charge in [0.15, 0.2) is 5.78 Å². The summed E-state index contributed by atoms with van der Waals surface area (Å²) in [5, 5.41) is 2.88. The van der Waals surface area contributed by atoms with Crippen LogP contribution in [0.1, 0.15) is 27.0 Å². The van der Waals surface area contributed by atoms with Gasteiger partial charge in [-0.25, -0.2) is 0 Å². The topological polar surface area (TPSA) is 46.2 Å². The fourth-order valence-electron chi connectivity index (χ4n) is 2.67. The summed E-state index contributed by atoms with van der Waals surface area (Å²) in [4.78, 5) is 25.0. The summed E-state index contributed by atoms with van der Waals surface area (Å²) in [5.74, 6) is 0.902. The van der Waals surface area contributed by atoms with Crippen molar-refractivity contribution in [1.82, 2.24) is 0 Å². The lowest BCUT2D eigenvalue weighted by atomic mass is 10.0. The van der Waals surface area contributed by atoms with Crippen LogP contribution >= 0.6 is 11.8 Å². The molecule has 0 bridgehead atoms. The van der Waals surface area contributed by atoms with E-state index in [1.165, 1.54) is 11.1 Å². The molecule has 3 aromatic rings. The van der Waals surface area contributed by atoms with E-state index in [0.29, 0.717) is 22.6 Å². The average Bonchev–Trinajstić information content (AvgIpc) is 2.70. The molecule has 4 heteroatoms. The van der Waals surface area contributed by atoms with Gasteiger partial charge in [-0.1, -0.05) is 72.3 Å². The van der Waals surface area contributed by atoms with Crippen molar-refractivity contribution in [3.05, 3.63) is 101 Å². The molecule has 0 saturated heterocycles. The SMILES string of the molecule is Cc1ccc(CSCC(=O)Nc2ccccc2C(=O)c2ccccc2)cc1. The number of ketones is 1. The summed E-state index contributed by atoms with van der Waals surface area (Å²) in [6.45, 7) is 2.05. The van der Waals surface area contributed by atoms with Crippen LogP contribution in [0.5, 0.6) is 0 Å². The van der Waals surface area contributed by atoms with Crippen molar-refractivity contribution in [2.24, 2.45) is 0 Å². The molecule has 0 saturated carbocycles. The lowest BCUT2D eigenvalue weighted by Gasteiger charge is -2.10. The maximum atomic E-state index is 12.7. The molecule has 1 N–H and O–H groups in total. The quantitative estimate of drug-likeness (QED) is 0.585.